The van der Waals surface area contributed by atoms with Crippen LogP contribution in [0.5, 0.6) is 11.5 Å². The van der Waals surface area contributed by atoms with Crippen molar-refractivity contribution >= 4 is 23.6 Å². The van der Waals surface area contributed by atoms with Crippen molar-refractivity contribution in [1.82, 2.24) is 4.90 Å². The molecular formula is C22H24N2O4. The van der Waals surface area contributed by atoms with Crippen molar-refractivity contribution in [3.8, 4) is 11.5 Å². The Balaban J connectivity index is 1.64. The molecule has 0 unspecified atom stereocenters. The predicted octanol–water partition coefficient (Wildman–Crippen LogP) is 3.48. The Hall–Kier alpha value is -3.28. The lowest BCUT2D eigenvalue weighted by Crippen LogP contribution is -2.23. The summed E-state index contributed by atoms with van der Waals surface area (Å²) in [5.41, 5.74) is 2.49. The van der Waals surface area contributed by atoms with Crippen molar-refractivity contribution < 1.29 is 19.1 Å². The van der Waals surface area contributed by atoms with Gasteiger partial charge in [-0.25, -0.2) is 0 Å². The van der Waals surface area contributed by atoms with Crippen LogP contribution >= 0.6 is 0 Å². The van der Waals surface area contributed by atoms with E-state index in [9.17, 15) is 9.59 Å². The third-order valence-corrected chi connectivity index (χ3v) is 4.54. The lowest BCUT2D eigenvalue weighted by atomic mass is 10.1. The number of rotatable bonds is 7. The van der Waals surface area contributed by atoms with Gasteiger partial charge in [0.15, 0.2) is 0 Å². The highest BCUT2D eigenvalue weighted by Crippen LogP contribution is 2.23. The van der Waals surface area contributed by atoms with Crippen LogP contribution in [0.15, 0.2) is 48.5 Å². The maximum Gasteiger partial charge on any atom is 0.248 e. The van der Waals surface area contributed by atoms with E-state index < -0.39 is 0 Å². The quantitative estimate of drug-likeness (QED) is 0.747. The third kappa shape index (κ3) is 5.13. The Morgan fingerprint density at radius 3 is 2.54 bits per heavy atom. The van der Waals surface area contributed by atoms with E-state index in [1.165, 1.54) is 6.08 Å². The van der Waals surface area contributed by atoms with Crippen LogP contribution in [0.4, 0.5) is 5.69 Å². The Morgan fingerprint density at radius 1 is 1.14 bits per heavy atom. The fourth-order valence-corrected chi connectivity index (χ4v) is 3.12. The fourth-order valence-electron chi connectivity index (χ4n) is 3.12. The molecule has 0 saturated carbocycles. The van der Waals surface area contributed by atoms with E-state index in [4.69, 9.17) is 9.47 Å². The molecule has 3 rings (SSSR count). The zero-order valence-electron chi connectivity index (χ0n) is 16.1. The number of nitrogens with zero attached hydrogens (tertiary/aromatic N) is 1. The van der Waals surface area contributed by atoms with Gasteiger partial charge in [-0.15, -0.1) is 0 Å². The van der Waals surface area contributed by atoms with E-state index in [-0.39, 0.29) is 11.8 Å². The SMILES string of the molecule is COc1cc(/C=C/C(=O)Nc2cccc(CN3CCCC3=O)c2)cc(OC)c1. The topological polar surface area (TPSA) is 67.9 Å². The molecule has 0 atom stereocenters. The maximum atomic E-state index is 12.3. The lowest BCUT2D eigenvalue weighted by molar-refractivity contribution is -0.128. The number of benzene rings is 2. The molecule has 0 bridgehead atoms. The second-order valence-corrected chi connectivity index (χ2v) is 6.59. The second kappa shape index (κ2) is 9.08. The summed E-state index contributed by atoms with van der Waals surface area (Å²) in [6.45, 7) is 1.37. The van der Waals surface area contributed by atoms with Crippen LogP contribution in [0.3, 0.4) is 0 Å². The highest BCUT2D eigenvalue weighted by atomic mass is 16.5. The molecule has 6 heteroatoms. The molecule has 2 aromatic carbocycles. The molecule has 6 nitrogen and oxygen atoms in total. The summed E-state index contributed by atoms with van der Waals surface area (Å²) in [5, 5.41) is 2.85. The summed E-state index contributed by atoms with van der Waals surface area (Å²) in [4.78, 5) is 25.9. The number of ether oxygens (including phenoxy) is 2. The Morgan fingerprint density at radius 2 is 1.89 bits per heavy atom. The van der Waals surface area contributed by atoms with Crippen LogP contribution in [-0.2, 0) is 16.1 Å². The number of carbonyl (C=O) groups is 2. The normalized spacial score (nSPS) is 13.8. The first-order chi connectivity index (χ1) is 13.6. The number of amides is 2. The summed E-state index contributed by atoms with van der Waals surface area (Å²) in [7, 11) is 3.16. The van der Waals surface area contributed by atoms with Gasteiger partial charge in [-0.3, -0.25) is 9.59 Å². The summed E-state index contributed by atoms with van der Waals surface area (Å²) in [6, 6.07) is 13.0. The predicted molar refractivity (Wildman–Crippen MR) is 108 cm³/mol. The van der Waals surface area contributed by atoms with Crippen LogP contribution in [0.1, 0.15) is 24.0 Å². The molecule has 1 aliphatic heterocycles. The van der Waals surface area contributed by atoms with Gasteiger partial charge in [-0.1, -0.05) is 12.1 Å². The smallest absolute Gasteiger partial charge is 0.248 e. The van der Waals surface area contributed by atoms with Crippen molar-refractivity contribution in [2.45, 2.75) is 19.4 Å². The number of anilines is 1. The first-order valence-corrected chi connectivity index (χ1v) is 9.16. The largest absolute Gasteiger partial charge is 0.497 e. The van der Waals surface area contributed by atoms with E-state index in [1.54, 1.807) is 26.4 Å². The molecule has 1 N–H and O–H groups in total. The van der Waals surface area contributed by atoms with Gasteiger partial charge in [-0.05, 0) is 47.9 Å². The van der Waals surface area contributed by atoms with Crippen LogP contribution in [-0.4, -0.2) is 37.5 Å². The van der Waals surface area contributed by atoms with Gasteiger partial charge in [0, 0.05) is 37.3 Å². The number of methoxy groups -OCH3 is 2. The van der Waals surface area contributed by atoms with Crippen molar-refractivity contribution in [3.63, 3.8) is 0 Å². The van der Waals surface area contributed by atoms with E-state index >= 15 is 0 Å². The molecule has 2 aromatic rings. The van der Waals surface area contributed by atoms with Gasteiger partial charge in [0.05, 0.1) is 14.2 Å². The lowest BCUT2D eigenvalue weighted by Gasteiger charge is -2.16. The third-order valence-electron chi connectivity index (χ3n) is 4.54. The minimum Gasteiger partial charge on any atom is -0.497 e. The van der Waals surface area contributed by atoms with Gasteiger partial charge in [-0.2, -0.15) is 0 Å². The molecule has 2 amide bonds. The number of carbonyl (C=O) groups excluding carboxylic acids is 2. The molecule has 0 spiro atoms. The van der Waals surface area contributed by atoms with Crippen molar-refractivity contribution in [2.24, 2.45) is 0 Å². The van der Waals surface area contributed by atoms with Crippen LogP contribution < -0.4 is 14.8 Å². The minimum atomic E-state index is -0.240. The van der Waals surface area contributed by atoms with Gasteiger partial charge in [0.1, 0.15) is 11.5 Å². The van der Waals surface area contributed by atoms with Gasteiger partial charge < -0.3 is 19.7 Å². The number of hydrogen-bond donors (Lipinski definition) is 1. The molecule has 0 aromatic heterocycles. The van der Waals surface area contributed by atoms with Crippen molar-refractivity contribution in [2.75, 3.05) is 26.1 Å². The van der Waals surface area contributed by atoms with Crippen LogP contribution in [0, 0.1) is 0 Å². The van der Waals surface area contributed by atoms with Crippen LogP contribution in [0.2, 0.25) is 0 Å². The fraction of sp³-hybridized carbons (Fsp3) is 0.273. The van der Waals surface area contributed by atoms with E-state index in [1.807, 2.05) is 41.3 Å². The highest BCUT2D eigenvalue weighted by Gasteiger charge is 2.19. The Labute approximate surface area is 164 Å². The average Bonchev–Trinajstić information content (AvgIpc) is 3.10. The van der Waals surface area contributed by atoms with Crippen molar-refractivity contribution in [1.29, 1.82) is 0 Å². The Kier molecular flexibility index (Phi) is 6.32. The maximum absolute atomic E-state index is 12.3. The van der Waals surface area contributed by atoms with Gasteiger partial charge in [0.2, 0.25) is 11.8 Å². The summed E-state index contributed by atoms with van der Waals surface area (Å²) in [5.74, 6) is 1.26. The molecule has 0 aliphatic carbocycles. The highest BCUT2D eigenvalue weighted by molar-refractivity contribution is 6.02. The molecule has 146 valence electrons. The standard InChI is InChI=1S/C22H24N2O4/c1-27-19-12-16(13-20(14-19)28-2)8-9-21(25)23-18-6-3-5-17(11-18)15-24-10-4-7-22(24)26/h3,5-6,8-9,11-14H,4,7,10,15H2,1-2H3,(H,23,25)/b9-8+. The number of hydrogen-bond acceptors (Lipinski definition) is 4. The minimum absolute atomic E-state index is 0.186. The first-order valence-electron chi connectivity index (χ1n) is 9.16. The zero-order valence-corrected chi connectivity index (χ0v) is 16.1. The molecule has 0 radical (unpaired) electrons. The molecule has 1 heterocycles. The van der Waals surface area contributed by atoms with Gasteiger partial charge in [0.25, 0.3) is 0 Å². The first kappa shape index (κ1) is 19.5. The van der Waals surface area contributed by atoms with Crippen LogP contribution in [0.25, 0.3) is 6.08 Å². The van der Waals surface area contributed by atoms with E-state index in [2.05, 4.69) is 5.32 Å². The number of likely N-dealkylation sites (tertiary alicyclic amines) is 1. The molecule has 1 fully saturated rings. The number of nitrogens with one attached hydrogen (secondary N) is 1. The molecule has 28 heavy (non-hydrogen) atoms. The zero-order chi connectivity index (χ0) is 19.9. The Bertz CT molecular complexity index is 870. The van der Waals surface area contributed by atoms with E-state index in [0.717, 1.165) is 24.1 Å². The summed E-state index contributed by atoms with van der Waals surface area (Å²) >= 11 is 0. The van der Waals surface area contributed by atoms with Gasteiger partial charge >= 0.3 is 0 Å². The second-order valence-electron chi connectivity index (χ2n) is 6.59. The average molecular weight is 380 g/mol. The molecule has 1 saturated heterocycles. The molecular weight excluding hydrogens is 356 g/mol. The van der Waals surface area contributed by atoms with Crippen molar-refractivity contribution in [3.05, 3.63) is 59.7 Å². The molecule has 1 aliphatic rings. The van der Waals surface area contributed by atoms with E-state index in [0.29, 0.717) is 30.2 Å². The summed E-state index contributed by atoms with van der Waals surface area (Å²) < 4.78 is 10.5. The summed E-state index contributed by atoms with van der Waals surface area (Å²) in [6.07, 6.45) is 4.70. The monoisotopic (exact) mass is 380 g/mol.